The van der Waals surface area contributed by atoms with Gasteiger partial charge in [-0.2, -0.15) is 0 Å². The molecule has 28 heavy (non-hydrogen) atoms. The van der Waals surface area contributed by atoms with Crippen LogP contribution in [0.3, 0.4) is 0 Å². The smallest absolute Gasteiger partial charge is 0.163 e. The Morgan fingerprint density at radius 1 is 0.964 bits per heavy atom. The standard InChI is InChI=1S/C22H42O6/c1-16(2)11-8-9-13-18(24)12-7-5-4-6-10-14-27-22-17(3)20(25)21(26)19(15-23)28-22/h16-17,19-23,25-26H,4-15H2,1-3H3/t17-,19?,20?,21-,22+/m0/s1. The molecule has 6 heteroatoms. The molecule has 0 saturated carbocycles. The third kappa shape index (κ3) is 9.79. The second-order valence-electron chi connectivity index (χ2n) is 8.63. The van der Waals surface area contributed by atoms with Crippen molar-refractivity contribution in [2.24, 2.45) is 11.8 Å². The first kappa shape index (κ1) is 25.5. The molecule has 6 nitrogen and oxygen atoms in total. The largest absolute Gasteiger partial charge is 0.394 e. The van der Waals surface area contributed by atoms with E-state index in [2.05, 4.69) is 13.8 Å². The van der Waals surface area contributed by atoms with Crippen molar-refractivity contribution < 1.29 is 29.6 Å². The molecule has 0 aliphatic carbocycles. The number of Topliss-reactive ketones (excluding diaryl/α,β-unsaturated/α-hetero) is 1. The molecule has 2 unspecified atom stereocenters. The number of hydrogen-bond donors (Lipinski definition) is 3. The topological polar surface area (TPSA) is 96.2 Å². The first-order chi connectivity index (χ1) is 13.4. The van der Waals surface area contributed by atoms with Crippen LogP contribution in [0, 0.1) is 11.8 Å². The molecule has 5 atom stereocenters. The van der Waals surface area contributed by atoms with Crippen molar-refractivity contribution in [3.05, 3.63) is 0 Å². The molecule has 0 amide bonds. The zero-order valence-electron chi connectivity index (χ0n) is 18.0. The third-order valence-corrected chi connectivity index (χ3v) is 5.56. The Bertz CT molecular complexity index is 412. The van der Waals surface area contributed by atoms with E-state index >= 15 is 0 Å². The van der Waals surface area contributed by atoms with Crippen LogP contribution in [-0.4, -0.2) is 58.9 Å². The normalized spacial score (nSPS) is 28.0. The Morgan fingerprint density at radius 2 is 1.57 bits per heavy atom. The fourth-order valence-electron chi connectivity index (χ4n) is 3.56. The molecule has 3 N–H and O–H groups in total. The molecule has 0 aromatic heterocycles. The number of carbonyl (C=O) groups is 1. The molecule has 1 saturated heterocycles. The van der Waals surface area contributed by atoms with Gasteiger partial charge in [-0.15, -0.1) is 0 Å². The maximum Gasteiger partial charge on any atom is 0.163 e. The Labute approximate surface area is 170 Å². The quantitative estimate of drug-likeness (QED) is 0.364. The summed E-state index contributed by atoms with van der Waals surface area (Å²) < 4.78 is 11.2. The van der Waals surface area contributed by atoms with Crippen molar-refractivity contribution >= 4 is 5.78 Å². The van der Waals surface area contributed by atoms with Crippen molar-refractivity contribution in [3.63, 3.8) is 0 Å². The van der Waals surface area contributed by atoms with E-state index < -0.39 is 24.6 Å². The SMILES string of the molecule is CC(C)CCCCC(=O)CCCCCCCO[C@@H]1OC(CO)[C@H](O)C(O)[C@@H]1C. The summed E-state index contributed by atoms with van der Waals surface area (Å²) >= 11 is 0. The number of rotatable bonds is 15. The molecular formula is C22H42O6. The van der Waals surface area contributed by atoms with E-state index in [0.29, 0.717) is 18.8 Å². The van der Waals surface area contributed by atoms with Gasteiger partial charge in [-0.05, 0) is 25.2 Å². The second kappa shape index (κ2) is 14.5. The average Bonchev–Trinajstić information content (AvgIpc) is 2.66. The fourth-order valence-corrected chi connectivity index (χ4v) is 3.56. The summed E-state index contributed by atoms with van der Waals surface area (Å²) in [7, 11) is 0. The molecule has 1 rings (SSSR count). The van der Waals surface area contributed by atoms with Crippen LogP contribution in [0.4, 0.5) is 0 Å². The minimum atomic E-state index is -1.09. The Hall–Kier alpha value is -0.530. The van der Waals surface area contributed by atoms with E-state index in [-0.39, 0.29) is 12.5 Å². The molecule has 0 bridgehead atoms. The molecule has 1 heterocycles. The minimum Gasteiger partial charge on any atom is -0.394 e. The highest BCUT2D eigenvalue weighted by Crippen LogP contribution is 2.26. The highest BCUT2D eigenvalue weighted by Gasteiger charge is 2.42. The highest BCUT2D eigenvalue weighted by atomic mass is 16.7. The second-order valence-corrected chi connectivity index (χ2v) is 8.63. The lowest BCUT2D eigenvalue weighted by Gasteiger charge is -2.40. The summed E-state index contributed by atoms with van der Waals surface area (Å²) in [5.41, 5.74) is 0. The predicted octanol–water partition coefficient (Wildman–Crippen LogP) is 3.20. The molecule has 0 radical (unpaired) electrons. The molecule has 0 aromatic carbocycles. The summed E-state index contributed by atoms with van der Waals surface area (Å²) in [5.74, 6) is 0.777. The van der Waals surface area contributed by atoms with Crippen LogP contribution in [0.25, 0.3) is 0 Å². The van der Waals surface area contributed by atoms with Crippen LogP contribution < -0.4 is 0 Å². The summed E-state index contributed by atoms with van der Waals surface area (Å²) in [5, 5.41) is 29.1. The van der Waals surface area contributed by atoms with Crippen LogP contribution in [0.1, 0.15) is 85.0 Å². The minimum absolute atomic E-state index is 0.343. The number of unbranched alkanes of at least 4 members (excludes halogenated alkanes) is 5. The Morgan fingerprint density at radius 3 is 2.21 bits per heavy atom. The van der Waals surface area contributed by atoms with Gasteiger partial charge >= 0.3 is 0 Å². The summed E-state index contributed by atoms with van der Waals surface area (Å²) in [6.45, 7) is 6.38. The fraction of sp³-hybridized carbons (Fsp3) is 0.955. The van der Waals surface area contributed by atoms with E-state index in [1.54, 1.807) is 6.92 Å². The third-order valence-electron chi connectivity index (χ3n) is 5.56. The Balaban J connectivity index is 2.01. The summed E-state index contributed by atoms with van der Waals surface area (Å²) in [6.07, 6.45) is 6.38. The number of hydrogen-bond acceptors (Lipinski definition) is 6. The monoisotopic (exact) mass is 402 g/mol. The maximum atomic E-state index is 11.8. The lowest BCUT2D eigenvalue weighted by Crippen LogP contribution is -2.55. The molecule has 1 aliphatic rings. The van der Waals surface area contributed by atoms with Crippen LogP contribution >= 0.6 is 0 Å². The first-order valence-corrected chi connectivity index (χ1v) is 11.1. The summed E-state index contributed by atoms with van der Waals surface area (Å²) in [4.78, 5) is 11.8. The van der Waals surface area contributed by atoms with Crippen molar-refractivity contribution in [2.75, 3.05) is 13.2 Å². The molecule has 1 fully saturated rings. The van der Waals surface area contributed by atoms with Gasteiger partial charge in [-0.3, -0.25) is 4.79 Å². The molecule has 166 valence electrons. The van der Waals surface area contributed by atoms with E-state index in [1.165, 1.54) is 6.42 Å². The van der Waals surface area contributed by atoms with Crippen LogP contribution in [-0.2, 0) is 14.3 Å². The predicted molar refractivity (Wildman–Crippen MR) is 109 cm³/mol. The molecule has 0 spiro atoms. The van der Waals surface area contributed by atoms with Gasteiger partial charge in [0.05, 0.1) is 12.7 Å². The van der Waals surface area contributed by atoms with Gasteiger partial charge in [0.1, 0.15) is 18.0 Å². The zero-order valence-corrected chi connectivity index (χ0v) is 18.0. The number of ketones is 1. The van der Waals surface area contributed by atoms with Gasteiger partial charge in [0.2, 0.25) is 0 Å². The van der Waals surface area contributed by atoms with Gasteiger partial charge in [-0.25, -0.2) is 0 Å². The van der Waals surface area contributed by atoms with Crippen LogP contribution in [0.15, 0.2) is 0 Å². The van der Waals surface area contributed by atoms with Crippen LogP contribution in [0.5, 0.6) is 0 Å². The molecule has 1 aliphatic heterocycles. The van der Waals surface area contributed by atoms with Gasteiger partial charge in [-0.1, -0.05) is 52.9 Å². The van der Waals surface area contributed by atoms with E-state index in [1.807, 2.05) is 0 Å². The van der Waals surface area contributed by atoms with Crippen molar-refractivity contribution in [3.8, 4) is 0 Å². The highest BCUT2D eigenvalue weighted by molar-refractivity contribution is 5.78. The van der Waals surface area contributed by atoms with E-state index in [0.717, 1.165) is 57.3 Å². The maximum absolute atomic E-state index is 11.8. The Kier molecular flexibility index (Phi) is 13.2. The first-order valence-electron chi connectivity index (χ1n) is 11.1. The number of ether oxygens (including phenoxy) is 2. The van der Waals surface area contributed by atoms with E-state index in [4.69, 9.17) is 9.47 Å². The average molecular weight is 403 g/mol. The lowest BCUT2D eigenvalue weighted by molar-refractivity contribution is -0.282. The number of aliphatic hydroxyl groups is 3. The molecular weight excluding hydrogens is 360 g/mol. The van der Waals surface area contributed by atoms with E-state index in [9.17, 15) is 20.1 Å². The van der Waals surface area contributed by atoms with Crippen molar-refractivity contribution in [1.29, 1.82) is 0 Å². The van der Waals surface area contributed by atoms with Gasteiger partial charge in [0.25, 0.3) is 0 Å². The molecule has 0 aromatic rings. The summed E-state index contributed by atoms with van der Waals surface area (Å²) in [6, 6.07) is 0. The van der Waals surface area contributed by atoms with Gasteiger partial charge in [0.15, 0.2) is 6.29 Å². The lowest BCUT2D eigenvalue weighted by atomic mass is 9.92. The van der Waals surface area contributed by atoms with Crippen molar-refractivity contribution in [2.45, 2.75) is 110 Å². The number of carbonyl (C=O) groups excluding carboxylic acids is 1. The van der Waals surface area contributed by atoms with Crippen LogP contribution in [0.2, 0.25) is 0 Å². The van der Waals surface area contributed by atoms with Crippen molar-refractivity contribution in [1.82, 2.24) is 0 Å². The number of aliphatic hydroxyl groups excluding tert-OH is 3. The zero-order chi connectivity index (χ0) is 20.9. The van der Waals surface area contributed by atoms with Gasteiger partial charge < -0.3 is 24.8 Å². The van der Waals surface area contributed by atoms with Gasteiger partial charge in [0, 0.05) is 25.4 Å².